The van der Waals surface area contributed by atoms with Crippen LogP contribution < -0.4 is 11.5 Å². The van der Waals surface area contributed by atoms with Gasteiger partial charge in [-0.1, -0.05) is 6.08 Å². The van der Waals surface area contributed by atoms with Gasteiger partial charge in [-0.05, 0) is 12.6 Å². The van der Waals surface area contributed by atoms with Gasteiger partial charge in [-0.3, -0.25) is 4.79 Å². The van der Waals surface area contributed by atoms with E-state index in [1.54, 1.807) is 0 Å². The molecule has 9 heavy (non-hydrogen) atoms. The van der Waals surface area contributed by atoms with Gasteiger partial charge in [0.1, 0.15) is 6.04 Å². The van der Waals surface area contributed by atoms with E-state index < -0.39 is 12.0 Å². The Labute approximate surface area is 53.1 Å². The highest BCUT2D eigenvalue weighted by Crippen LogP contribution is 1.87. The highest BCUT2D eigenvalue weighted by atomic mass is 16.4. The van der Waals surface area contributed by atoms with Crippen LogP contribution in [0, 0.1) is 0 Å². The normalized spacial score (nSPS) is 13.9. The van der Waals surface area contributed by atoms with Gasteiger partial charge in [0.15, 0.2) is 0 Å². The number of aliphatic carboxylic acids is 1. The zero-order chi connectivity index (χ0) is 7.28. The largest absolute Gasteiger partial charge is 0.480 e. The molecule has 0 aliphatic rings. The van der Waals surface area contributed by atoms with Crippen LogP contribution in [0.1, 0.15) is 6.42 Å². The van der Waals surface area contributed by atoms with Gasteiger partial charge in [-0.2, -0.15) is 0 Å². The van der Waals surface area contributed by atoms with Crippen LogP contribution in [0.4, 0.5) is 0 Å². The van der Waals surface area contributed by atoms with E-state index in [2.05, 4.69) is 0 Å². The summed E-state index contributed by atoms with van der Waals surface area (Å²) in [5.74, 6) is -1.01. The molecule has 4 nitrogen and oxygen atoms in total. The first kappa shape index (κ1) is 7.97. The van der Waals surface area contributed by atoms with E-state index in [9.17, 15) is 4.79 Å². The maximum Gasteiger partial charge on any atom is 0.320 e. The van der Waals surface area contributed by atoms with Crippen LogP contribution in [0.2, 0.25) is 0 Å². The zero-order valence-corrected chi connectivity index (χ0v) is 4.95. The van der Waals surface area contributed by atoms with Gasteiger partial charge in [-0.15, -0.1) is 0 Å². The molecule has 0 saturated carbocycles. The molecule has 1 unspecified atom stereocenters. The third-order valence-corrected chi connectivity index (χ3v) is 0.843. The minimum Gasteiger partial charge on any atom is -0.480 e. The van der Waals surface area contributed by atoms with E-state index >= 15 is 0 Å². The van der Waals surface area contributed by atoms with E-state index in [4.69, 9.17) is 16.6 Å². The Bertz CT molecular complexity index is 122. The highest BCUT2D eigenvalue weighted by molar-refractivity contribution is 5.73. The molecular formula is C5H10N2O2. The zero-order valence-electron chi connectivity index (χ0n) is 4.95. The molecule has 0 rings (SSSR count). The van der Waals surface area contributed by atoms with Crippen molar-refractivity contribution in [2.45, 2.75) is 12.5 Å². The molecule has 52 valence electrons. The average Bonchev–Trinajstić information content (AvgIpc) is 1.82. The van der Waals surface area contributed by atoms with Crippen LogP contribution >= 0.6 is 0 Å². The predicted molar refractivity (Wildman–Crippen MR) is 33.6 cm³/mol. The molecular weight excluding hydrogens is 120 g/mol. The van der Waals surface area contributed by atoms with Crippen molar-refractivity contribution in [1.29, 1.82) is 0 Å². The summed E-state index contributed by atoms with van der Waals surface area (Å²) >= 11 is 0. The Kier molecular flexibility index (Phi) is 3.46. The number of rotatable bonds is 3. The van der Waals surface area contributed by atoms with Crippen molar-refractivity contribution in [1.82, 2.24) is 0 Å². The minimum atomic E-state index is -1.01. The van der Waals surface area contributed by atoms with Gasteiger partial charge in [-0.25, -0.2) is 0 Å². The second-order valence-corrected chi connectivity index (χ2v) is 1.61. The Balaban J connectivity index is 3.50. The number of hydrogen-bond acceptors (Lipinski definition) is 3. The minimum absolute atomic E-state index is 0.284. The molecule has 0 aromatic heterocycles. The molecule has 0 aromatic carbocycles. The fourth-order valence-electron chi connectivity index (χ4n) is 0.326. The van der Waals surface area contributed by atoms with E-state index in [0.29, 0.717) is 0 Å². The first-order valence-corrected chi connectivity index (χ1v) is 2.53. The monoisotopic (exact) mass is 130 g/mol. The molecule has 0 amide bonds. The molecule has 1 atom stereocenters. The quantitative estimate of drug-likeness (QED) is 0.469. The topological polar surface area (TPSA) is 89.3 Å². The Morgan fingerprint density at radius 3 is 2.67 bits per heavy atom. The van der Waals surface area contributed by atoms with E-state index in [-0.39, 0.29) is 6.42 Å². The Hall–Kier alpha value is -1.03. The van der Waals surface area contributed by atoms with Crippen molar-refractivity contribution < 1.29 is 9.90 Å². The summed E-state index contributed by atoms with van der Waals surface area (Å²) in [6.07, 6.45) is 3.08. The number of hydrogen-bond donors (Lipinski definition) is 3. The van der Waals surface area contributed by atoms with E-state index in [1.807, 2.05) is 0 Å². The van der Waals surface area contributed by atoms with Gasteiger partial charge in [0.25, 0.3) is 0 Å². The number of carboxylic acids is 1. The Morgan fingerprint density at radius 1 is 1.78 bits per heavy atom. The molecule has 0 saturated heterocycles. The Morgan fingerprint density at radius 2 is 2.33 bits per heavy atom. The summed E-state index contributed by atoms with van der Waals surface area (Å²) in [5, 5.41) is 8.21. The SMILES string of the molecule is NC=CCC(N)C(=O)O. The third-order valence-electron chi connectivity index (χ3n) is 0.843. The summed E-state index contributed by atoms with van der Waals surface area (Å²) in [4.78, 5) is 10.0. The van der Waals surface area contributed by atoms with Crippen molar-refractivity contribution in [2.24, 2.45) is 11.5 Å². The summed E-state index contributed by atoms with van der Waals surface area (Å²) < 4.78 is 0. The second kappa shape index (κ2) is 3.91. The van der Waals surface area contributed by atoms with Gasteiger partial charge in [0, 0.05) is 0 Å². The molecule has 5 N–H and O–H groups in total. The fourth-order valence-corrected chi connectivity index (χ4v) is 0.326. The summed E-state index contributed by atoms with van der Waals surface area (Å²) in [6, 6.07) is -0.829. The van der Waals surface area contributed by atoms with Crippen LogP contribution in [0.3, 0.4) is 0 Å². The summed E-state index contributed by atoms with van der Waals surface area (Å²) in [7, 11) is 0. The molecule has 0 heterocycles. The number of carbonyl (C=O) groups is 1. The van der Waals surface area contributed by atoms with Gasteiger partial charge in [0.05, 0.1) is 0 Å². The van der Waals surface area contributed by atoms with E-state index in [0.717, 1.165) is 0 Å². The number of carboxylic acid groups (broad SMARTS) is 1. The van der Waals surface area contributed by atoms with Crippen LogP contribution in [-0.2, 0) is 4.79 Å². The maximum absolute atomic E-state index is 10.0. The lowest BCUT2D eigenvalue weighted by Crippen LogP contribution is -2.29. The van der Waals surface area contributed by atoms with Gasteiger partial charge >= 0.3 is 5.97 Å². The average molecular weight is 130 g/mol. The first-order chi connectivity index (χ1) is 4.18. The maximum atomic E-state index is 10.0. The molecule has 0 aliphatic carbocycles. The van der Waals surface area contributed by atoms with Crippen LogP contribution in [0.25, 0.3) is 0 Å². The van der Waals surface area contributed by atoms with Crippen LogP contribution in [0.15, 0.2) is 12.3 Å². The molecule has 0 aliphatic heterocycles. The van der Waals surface area contributed by atoms with Crippen molar-refractivity contribution in [3.63, 3.8) is 0 Å². The predicted octanol–water partition coefficient (Wildman–Crippen LogP) is -0.739. The lowest BCUT2D eigenvalue weighted by molar-refractivity contribution is -0.138. The lowest BCUT2D eigenvalue weighted by atomic mass is 10.2. The molecule has 4 heteroatoms. The standard InChI is InChI=1S/C5H10N2O2/c6-3-1-2-4(7)5(8)9/h1,3-4H,2,6-7H2,(H,8,9). The van der Waals surface area contributed by atoms with Gasteiger partial charge < -0.3 is 16.6 Å². The fraction of sp³-hybridized carbons (Fsp3) is 0.400. The van der Waals surface area contributed by atoms with Crippen LogP contribution in [-0.4, -0.2) is 17.1 Å². The smallest absolute Gasteiger partial charge is 0.320 e. The van der Waals surface area contributed by atoms with Crippen LogP contribution in [0.5, 0.6) is 0 Å². The first-order valence-electron chi connectivity index (χ1n) is 2.53. The summed E-state index contributed by atoms with van der Waals surface area (Å²) in [6.45, 7) is 0. The third kappa shape index (κ3) is 3.54. The number of nitrogens with two attached hydrogens (primary N) is 2. The molecule has 0 spiro atoms. The highest BCUT2D eigenvalue weighted by Gasteiger charge is 2.07. The van der Waals surface area contributed by atoms with Crippen molar-refractivity contribution in [2.75, 3.05) is 0 Å². The lowest BCUT2D eigenvalue weighted by Gasteiger charge is -1.98. The van der Waals surface area contributed by atoms with Crippen molar-refractivity contribution in [3.8, 4) is 0 Å². The van der Waals surface area contributed by atoms with Crippen molar-refractivity contribution >= 4 is 5.97 Å². The molecule has 0 fully saturated rings. The van der Waals surface area contributed by atoms with Gasteiger partial charge in [0.2, 0.25) is 0 Å². The molecule has 0 bridgehead atoms. The molecule has 0 aromatic rings. The van der Waals surface area contributed by atoms with E-state index in [1.165, 1.54) is 12.3 Å². The second-order valence-electron chi connectivity index (χ2n) is 1.61. The molecule has 0 radical (unpaired) electrons. The van der Waals surface area contributed by atoms with Crippen molar-refractivity contribution in [3.05, 3.63) is 12.3 Å². The summed E-state index contributed by atoms with van der Waals surface area (Å²) in [5.41, 5.74) is 10.0.